The molecule has 1 atom stereocenters. The largest absolute Gasteiger partial charge is 0.491 e. The summed E-state index contributed by atoms with van der Waals surface area (Å²) < 4.78 is 18.0. The molecule has 0 saturated heterocycles. The van der Waals surface area contributed by atoms with E-state index in [-0.39, 0.29) is 23.8 Å². The van der Waals surface area contributed by atoms with E-state index in [4.69, 9.17) is 4.74 Å². The highest BCUT2D eigenvalue weighted by molar-refractivity contribution is 7.84. The van der Waals surface area contributed by atoms with Gasteiger partial charge in [-0.1, -0.05) is 31.0 Å². The molecule has 0 spiro atoms. The third-order valence-corrected chi connectivity index (χ3v) is 4.88. The number of nitrogens with one attached hydrogen (secondary N) is 1. The predicted molar refractivity (Wildman–Crippen MR) is 89.3 cm³/mol. The Morgan fingerprint density at radius 3 is 2.68 bits per heavy atom. The lowest BCUT2D eigenvalue weighted by molar-refractivity contribution is -0.119. The number of carbonyl (C=O) groups is 1. The average molecular weight is 323 g/mol. The second-order valence-electron chi connectivity index (χ2n) is 6.05. The molecule has 1 saturated carbocycles. The number of hydrogen-bond donors (Lipinski definition) is 1. The van der Waals surface area contributed by atoms with Crippen LogP contribution in [0.15, 0.2) is 24.3 Å². The van der Waals surface area contributed by atoms with Crippen LogP contribution >= 0.6 is 0 Å². The number of ether oxygens (including phenoxy) is 1. The van der Waals surface area contributed by atoms with Crippen LogP contribution in [0.1, 0.15) is 45.1 Å². The van der Waals surface area contributed by atoms with Crippen LogP contribution in [-0.2, 0) is 21.3 Å². The summed E-state index contributed by atoms with van der Waals surface area (Å²) in [4.78, 5) is 11.9. The highest BCUT2D eigenvalue weighted by Gasteiger charge is 2.18. The molecule has 0 bridgehead atoms. The van der Waals surface area contributed by atoms with E-state index < -0.39 is 10.8 Å². The lowest BCUT2D eigenvalue weighted by atomic mass is 10.2. The third-order valence-electron chi connectivity index (χ3n) is 3.66. The second kappa shape index (κ2) is 8.32. The van der Waals surface area contributed by atoms with Crippen molar-refractivity contribution in [2.24, 2.45) is 0 Å². The minimum atomic E-state index is -1.22. The smallest absolute Gasteiger partial charge is 0.232 e. The Morgan fingerprint density at radius 1 is 1.32 bits per heavy atom. The van der Waals surface area contributed by atoms with E-state index in [0.29, 0.717) is 5.75 Å². The second-order valence-corrected chi connectivity index (χ2v) is 7.51. The summed E-state index contributed by atoms with van der Waals surface area (Å²) in [5.41, 5.74) is 0.892. The molecule has 1 N–H and O–H groups in total. The first kappa shape index (κ1) is 17.0. The predicted octanol–water partition coefficient (Wildman–Crippen LogP) is 2.78. The van der Waals surface area contributed by atoms with Gasteiger partial charge in [0.1, 0.15) is 11.5 Å². The molecule has 1 aromatic carbocycles. The molecular weight excluding hydrogens is 298 g/mol. The summed E-state index contributed by atoms with van der Waals surface area (Å²) in [6.45, 7) is 3.92. The molecule has 1 fully saturated rings. The first-order valence-corrected chi connectivity index (χ1v) is 9.42. The minimum absolute atomic E-state index is 0.0620. The monoisotopic (exact) mass is 323 g/mol. The van der Waals surface area contributed by atoms with Gasteiger partial charge in [0.2, 0.25) is 5.91 Å². The maximum absolute atomic E-state index is 12.2. The van der Waals surface area contributed by atoms with Crippen molar-refractivity contribution in [1.29, 1.82) is 0 Å². The van der Waals surface area contributed by atoms with Crippen molar-refractivity contribution >= 4 is 16.7 Å². The summed E-state index contributed by atoms with van der Waals surface area (Å²) >= 11 is 0. The zero-order valence-electron chi connectivity index (χ0n) is 13.3. The van der Waals surface area contributed by atoms with E-state index in [9.17, 15) is 9.00 Å². The summed E-state index contributed by atoms with van der Waals surface area (Å²) in [6.07, 6.45) is 4.51. The molecule has 1 aliphatic carbocycles. The van der Waals surface area contributed by atoms with Crippen LogP contribution in [0.4, 0.5) is 0 Å². The van der Waals surface area contributed by atoms with E-state index in [0.717, 1.165) is 24.2 Å². The highest BCUT2D eigenvalue weighted by Crippen LogP contribution is 2.21. The van der Waals surface area contributed by atoms with Crippen LogP contribution in [0.25, 0.3) is 0 Å². The van der Waals surface area contributed by atoms with Gasteiger partial charge in [0.25, 0.3) is 0 Å². The van der Waals surface area contributed by atoms with Crippen molar-refractivity contribution in [2.45, 2.75) is 57.4 Å². The van der Waals surface area contributed by atoms with Crippen molar-refractivity contribution in [1.82, 2.24) is 5.32 Å². The highest BCUT2D eigenvalue weighted by atomic mass is 32.2. The number of rotatable bonds is 7. The number of amides is 1. The number of para-hydroxylation sites is 1. The molecule has 5 heteroatoms. The number of benzene rings is 1. The van der Waals surface area contributed by atoms with Crippen LogP contribution in [-0.4, -0.2) is 28.0 Å². The van der Waals surface area contributed by atoms with Gasteiger partial charge in [-0.05, 0) is 32.8 Å². The fourth-order valence-corrected chi connectivity index (χ4v) is 3.77. The summed E-state index contributed by atoms with van der Waals surface area (Å²) in [5, 5.41) is 2.98. The maximum Gasteiger partial charge on any atom is 0.232 e. The third kappa shape index (κ3) is 5.44. The van der Waals surface area contributed by atoms with Crippen LogP contribution in [0, 0.1) is 0 Å². The first-order chi connectivity index (χ1) is 10.5. The van der Waals surface area contributed by atoms with Gasteiger partial charge >= 0.3 is 0 Å². The Labute approximate surface area is 135 Å². The first-order valence-electron chi connectivity index (χ1n) is 7.93. The van der Waals surface area contributed by atoms with Crippen molar-refractivity contribution in [2.75, 3.05) is 5.75 Å². The average Bonchev–Trinajstić information content (AvgIpc) is 2.93. The number of hydrogen-bond acceptors (Lipinski definition) is 3. The summed E-state index contributed by atoms with van der Waals surface area (Å²) in [7, 11) is -1.22. The molecule has 1 aliphatic rings. The molecular formula is C17H25NO3S. The summed E-state index contributed by atoms with van der Waals surface area (Å²) in [5.74, 6) is 1.06. The molecule has 1 aromatic rings. The van der Waals surface area contributed by atoms with Crippen molar-refractivity contribution in [3.8, 4) is 5.75 Å². The molecule has 4 nitrogen and oxygen atoms in total. The molecule has 0 unspecified atom stereocenters. The molecule has 122 valence electrons. The molecule has 0 aliphatic heterocycles. The Bertz CT molecular complexity index is 524. The van der Waals surface area contributed by atoms with Gasteiger partial charge in [-0.15, -0.1) is 0 Å². The Hall–Kier alpha value is -1.36. The van der Waals surface area contributed by atoms with Gasteiger partial charge in [0.05, 0.1) is 11.9 Å². The van der Waals surface area contributed by atoms with Crippen molar-refractivity contribution in [3.63, 3.8) is 0 Å². The van der Waals surface area contributed by atoms with E-state index in [1.165, 1.54) is 12.8 Å². The molecule has 0 radical (unpaired) electrons. The normalized spacial score (nSPS) is 16.7. The van der Waals surface area contributed by atoms with E-state index >= 15 is 0 Å². The van der Waals surface area contributed by atoms with Gasteiger partial charge in [-0.3, -0.25) is 9.00 Å². The van der Waals surface area contributed by atoms with Crippen LogP contribution in [0.3, 0.4) is 0 Å². The fourth-order valence-electron chi connectivity index (χ4n) is 2.70. The molecule has 22 heavy (non-hydrogen) atoms. The molecule has 0 aromatic heterocycles. The van der Waals surface area contributed by atoms with Crippen LogP contribution in [0.2, 0.25) is 0 Å². The van der Waals surface area contributed by atoms with Crippen molar-refractivity contribution in [3.05, 3.63) is 29.8 Å². The van der Waals surface area contributed by atoms with Crippen LogP contribution < -0.4 is 10.1 Å². The van der Waals surface area contributed by atoms with Gasteiger partial charge in [-0.2, -0.15) is 0 Å². The van der Waals surface area contributed by atoms with Gasteiger partial charge in [-0.25, -0.2) is 0 Å². The maximum atomic E-state index is 12.2. The SMILES string of the molecule is CC(C)Oc1ccccc1C[S@@](=O)CC(=O)NC1CCCC1. The van der Waals surface area contributed by atoms with Crippen molar-refractivity contribution < 1.29 is 13.7 Å². The lowest BCUT2D eigenvalue weighted by Crippen LogP contribution is -2.35. The van der Waals surface area contributed by atoms with Gasteiger partial charge in [0.15, 0.2) is 0 Å². The Morgan fingerprint density at radius 2 is 2.00 bits per heavy atom. The molecule has 0 heterocycles. The Balaban J connectivity index is 1.87. The lowest BCUT2D eigenvalue weighted by Gasteiger charge is -2.14. The topological polar surface area (TPSA) is 55.4 Å². The number of carbonyl (C=O) groups excluding carboxylic acids is 1. The van der Waals surface area contributed by atoms with Crippen LogP contribution in [0.5, 0.6) is 5.75 Å². The van der Waals surface area contributed by atoms with E-state index in [2.05, 4.69) is 5.32 Å². The zero-order chi connectivity index (χ0) is 15.9. The van der Waals surface area contributed by atoms with E-state index in [1.54, 1.807) is 0 Å². The summed E-state index contributed by atoms with van der Waals surface area (Å²) in [6, 6.07) is 7.87. The molecule has 2 rings (SSSR count). The molecule has 1 amide bonds. The Kier molecular flexibility index (Phi) is 6.43. The minimum Gasteiger partial charge on any atom is -0.491 e. The standard InChI is InChI=1S/C17H25NO3S/c1-13(2)21-16-10-6-3-7-14(16)11-22(20)12-17(19)18-15-8-4-5-9-15/h3,6-7,10,13,15H,4-5,8-9,11-12H2,1-2H3,(H,18,19)/t22-/m1/s1. The van der Waals surface area contributed by atoms with Gasteiger partial charge in [0, 0.05) is 22.4 Å². The fraction of sp³-hybridized carbons (Fsp3) is 0.588. The quantitative estimate of drug-likeness (QED) is 0.839. The zero-order valence-corrected chi connectivity index (χ0v) is 14.2. The van der Waals surface area contributed by atoms with Gasteiger partial charge < -0.3 is 10.1 Å². The van der Waals surface area contributed by atoms with E-state index in [1.807, 2.05) is 38.1 Å².